The molecule has 1 aromatic heterocycles. The third-order valence-corrected chi connectivity index (χ3v) is 4.50. The zero-order valence-electron chi connectivity index (χ0n) is 11.1. The number of nitrogens with zero attached hydrogens (tertiary/aromatic N) is 3. The highest BCUT2D eigenvalue weighted by Crippen LogP contribution is 2.39. The van der Waals surface area contributed by atoms with Crippen molar-refractivity contribution in [1.29, 1.82) is 0 Å². The van der Waals surface area contributed by atoms with E-state index in [0.29, 0.717) is 17.1 Å². The molecule has 1 saturated carbocycles. The average Bonchev–Trinajstić information content (AvgIpc) is 3.16. The molecule has 98 valence electrons. The summed E-state index contributed by atoms with van der Waals surface area (Å²) >= 11 is 6.15. The number of anilines is 1. The van der Waals surface area contributed by atoms with Crippen molar-refractivity contribution in [3.8, 4) is 0 Å². The van der Waals surface area contributed by atoms with E-state index in [1.807, 2.05) is 6.07 Å². The normalized spacial score (nSPS) is 28.5. The van der Waals surface area contributed by atoms with E-state index in [4.69, 9.17) is 16.6 Å². The third-order valence-electron chi connectivity index (χ3n) is 4.31. The van der Waals surface area contributed by atoms with Crippen molar-refractivity contribution in [2.24, 2.45) is 5.92 Å². The lowest BCUT2D eigenvalue weighted by Crippen LogP contribution is -2.43. The number of hydrogen-bond donors (Lipinski definition) is 0. The van der Waals surface area contributed by atoms with Crippen molar-refractivity contribution in [3.63, 3.8) is 0 Å². The van der Waals surface area contributed by atoms with Crippen LogP contribution in [0.1, 0.15) is 51.3 Å². The lowest BCUT2D eigenvalue weighted by Gasteiger charge is -2.38. The summed E-state index contributed by atoms with van der Waals surface area (Å²) < 4.78 is 0. The minimum Gasteiger partial charge on any atom is -0.353 e. The van der Waals surface area contributed by atoms with E-state index in [1.165, 1.54) is 25.7 Å². The van der Waals surface area contributed by atoms with Gasteiger partial charge in [0.25, 0.3) is 0 Å². The topological polar surface area (TPSA) is 29.0 Å². The molecule has 0 amide bonds. The number of aromatic nitrogens is 2. The summed E-state index contributed by atoms with van der Waals surface area (Å²) in [5.74, 6) is 3.25. The van der Waals surface area contributed by atoms with E-state index in [9.17, 15) is 0 Å². The summed E-state index contributed by atoms with van der Waals surface area (Å²) in [7, 11) is 0. The maximum Gasteiger partial charge on any atom is 0.135 e. The summed E-state index contributed by atoms with van der Waals surface area (Å²) in [5, 5.41) is 0.590. The molecule has 1 saturated heterocycles. The zero-order valence-corrected chi connectivity index (χ0v) is 11.8. The maximum absolute atomic E-state index is 6.15. The van der Waals surface area contributed by atoms with Crippen LogP contribution in [0, 0.1) is 5.92 Å². The summed E-state index contributed by atoms with van der Waals surface area (Å²) in [6.45, 7) is 5.70. The van der Waals surface area contributed by atoms with Gasteiger partial charge in [-0.3, -0.25) is 0 Å². The monoisotopic (exact) mass is 265 g/mol. The van der Waals surface area contributed by atoms with Gasteiger partial charge in [-0.15, -0.1) is 0 Å². The van der Waals surface area contributed by atoms with Crippen LogP contribution >= 0.6 is 11.6 Å². The second kappa shape index (κ2) is 4.69. The van der Waals surface area contributed by atoms with Gasteiger partial charge in [-0.1, -0.05) is 18.5 Å². The van der Waals surface area contributed by atoms with Crippen LogP contribution in [0.25, 0.3) is 0 Å². The fraction of sp³-hybridized carbons (Fsp3) is 0.714. The van der Waals surface area contributed by atoms with Crippen LogP contribution in [0.4, 0.5) is 5.82 Å². The lowest BCUT2D eigenvalue weighted by molar-refractivity contribution is 0.361. The molecule has 4 heteroatoms. The molecular weight excluding hydrogens is 246 g/mol. The molecule has 2 heterocycles. The van der Waals surface area contributed by atoms with Gasteiger partial charge >= 0.3 is 0 Å². The van der Waals surface area contributed by atoms with Gasteiger partial charge in [-0.05, 0) is 38.5 Å². The highest BCUT2D eigenvalue weighted by molar-refractivity contribution is 6.29. The Morgan fingerprint density at radius 3 is 2.72 bits per heavy atom. The number of halogens is 1. The number of hydrogen-bond acceptors (Lipinski definition) is 3. The van der Waals surface area contributed by atoms with E-state index in [1.54, 1.807) is 0 Å². The van der Waals surface area contributed by atoms with Gasteiger partial charge in [0, 0.05) is 24.6 Å². The number of piperidine rings is 1. The van der Waals surface area contributed by atoms with Crippen molar-refractivity contribution in [1.82, 2.24) is 9.97 Å². The first-order chi connectivity index (χ1) is 8.65. The Labute approximate surface area is 114 Å². The van der Waals surface area contributed by atoms with Gasteiger partial charge in [0.15, 0.2) is 0 Å². The lowest BCUT2D eigenvalue weighted by atomic mass is 9.92. The minimum atomic E-state index is 0.539. The average molecular weight is 266 g/mol. The van der Waals surface area contributed by atoms with Crippen molar-refractivity contribution >= 4 is 17.4 Å². The van der Waals surface area contributed by atoms with E-state index >= 15 is 0 Å². The van der Waals surface area contributed by atoms with Crippen LogP contribution in [-0.2, 0) is 0 Å². The van der Waals surface area contributed by atoms with Gasteiger partial charge in [0.1, 0.15) is 16.8 Å². The second-order valence-electron chi connectivity index (χ2n) is 5.73. The Morgan fingerprint density at radius 2 is 2.00 bits per heavy atom. The molecule has 2 unspecified atom stereocenters. The first-order valence-corrected chi connectivity index (χ1v) is 7.34. The van der Waals surface area contributed by atoms with Gasteiger partial charge in [0.2, 0.25) is 0 Å². The molecule has 18 heavy (non-hydrogen) atoms. The van der Waals surface area contributed by atoms with Crippen LogP contribution < -0.4 is 4.90 Å². The predicted octanol–water partition coefficient (Wildman–Crippen LogP) is 3.63. The predicted molar refractivity (Wildman–Crippen MR) is 74.2 cm³/mol. The number of rotatable bonds is 2. The molecule has 1 aliphatic carbocycles. The largest absolute Gasteiger partial charge is 0.353 e. The van der Waals surface area contributed by atoms with Crippen LogP contribution in [0.2, 0.25) is 5.15 Å². The molecule has 0 N–H and O–H groups in total. The van der Waals surface area contributed by atoms with E-state index < -0.39 is 0 Å². The quantitative estimate of drug-likeness (QED) is 0.765. The Bertz CT molecular complexity index is 445. The highest BCUT2D eigenvalue weighted by Gasteiger charge is 2.30. The van der Waals surface area contributed by atoms with Gasteiger partial charge < -0.3 is 4.90 Å². The first kappa shape index (κ1) is 12.2. The molecule has 0 bridgehead atoms. The molecule has 2 aliphatic rings. The zero-order chi connectivity index (χ0) is 12.7. The molecule has 2 fully saturated rings. The van der Waals surface area contributed by atoms with Crippen molar-refractivity contribution in [2.75, 3.05) is 11.4 Å². The molecule has 3 rings (SSSR count). The van der Waals surface area contributed by atoms with Crippen LogP contribution in [0.15, 0.2) is 6.07 Å². The molecule has 0 spiro atoms. The Balaban J connectivity index is 1.90. The SMILES string of the molecule is CC1CCCN(c2cc(Cl)nc(C3CC3)n2)C1C. The van der Waals surface area contributed by atoms with Crippen LogP contribution in [-0.4, -0.2) is 22.6 Å². The maximum atomic E-state index is 6.15. The van der Waals surface area contributed by atoms with Crippen molar-refractivity contribution in [3.05, 3.63) is 17.0 Å². The Hall–Kier alpha value is -0.830. The standard InChI is InChI=1S/C14H20ClN3/c1-9-4-3-7-18(10(9)2)13-8-12(15)16-14(17-13)11-5-6-11/h8-11H,3-7H2,1-2H3. The Morgan fingerprint density at radius 1 is 1.22 bits per heavy atom. The summed E-state index contributed by atoms with van der Waals surface area (Å²) in [4.78, 5) is 11.5. The summed E-state index contributed by atoms with van der Waals surface area (Å²) in [6, 6.07) is 2.46. The fourth-order valence-corrected chi connectivity index (χ4v) is 2.94. The van der Waals surface area contributed by atoms with Crippen LogP contribution in [0.3, 0.4) is 0 Å². The molecule has 0 aromatic carbocycles. The summed E-state index contributed by atoms with van der Waals surface area (Å²) in [6.07, 6.45) is 4.98. The van der Waals surface area contributed by atoms with Crippen LogP contribution in [0.5, 0.6) is 0 Å². The molecule has 2 atom stereocenters. The highest BCUT2D eigenvalue weighted by atomic mass is 35.5. The van der Waals surface area contributed by atoms with E-state index in [0.717, 1.165) is 24.1 Å². The summed E-state index contributed by atoms with van der Waals surface area (Å²) in [5.41, 5.74) is 0. The molecule has 3 nitrogen and oxygen atoms in total. The Kier molecular flexibility index (Phi) is 3.18. The van der Waals surface area contributed by atoms with E-state index in [2.05, 4.69) is 23.7 Å². The molecule has 1 aromatic rings. The van der Waals surface area contributed by atoms with Gasteiger partial charge in [0.05, 0.1) is 0 Å². The van der Waals surface area contributed by atoms with E-state index in [-0.39, 0.29) is 0 Å². The molecular formula is C14H20ClN3. The smallest absolute Gasteiger partial charge is 0.135 e. The molecule has 0 radical (unpaired) electrons. The van der Waals surface area contributed by atoms with Crippen molar-refractivity contribution < 1.29 is 0 Å². The molecule has 1 aliphatic heterocycles. The second-order valence-corrected chi connectivity index (χ2v) is 6.12. The minimum absolute atomic E-state index is 0.539. The van der Waals surface area contributed by atoms with Crippen molar-refractivity contribution in [2.45, 2.75) is 51.5 Å². The van der Waals surface area contributed by atoms with Gasteiger partial charge in [-0.2, -0.15) is 0 Å². The fourth-order valence-electron chi connectivity index (χ4n) is 2.75. The third kappa shape index (κ3) is 2.33. The van der Waals surface area contributed by atoms with Gasteiger partial charge in [-0.25, -0.2) is 9.97 Å². The first-order valence-electron chi connectivity index (χ1n) is 6.96.